The third kappa shape index (κ3) is 2.70. The maximum atomic E-state index is 4.77. The van der Waals surface area contributed by atoms with Crippen LogP contribution in [0.5, 0.6) is 0 Å². The van der Waals surface area contributed by atoms with E-state index in [4.69, 9.17) is 4.98 Å². The topological polar surface area (TPSA) is 33.1 Å². The van der Waals surface area contributed by atoms with E-state index in [1.54, 1.807) is 0 Å². The molecule has 21 heavy (non-hydrogen) atoms. The van der Waals surface area contributed by atoms with Gasteiger partial charge >= 0.3 is 0 Å². The lowest BCUT2D eigenvalue weighted by Gasteiger charge is -2.36. The molecule has 2 atom stereocenters. The van der Waals surface area contributed by atoms with E-state index in [9.17, 15) is 0 Å². The van der Waals surface area contributed by atoms with Gasteiger partial charge in [-0.2, -0.15) is 0 Å². The summed E-state index contributed by atoms with van der Waals surface area (Å²) in [6.45, 7) is 4.73. The Morgan fingerprint density at radius 2 is 1.90 bits per heavy atom. The molecule has 4 heteroatoms. The third-order valence-corrected chi connectivity index (χ3v) is 5.73. The fourth-order valence-corrected chi connectivity index (χ4v) is 4.61. The van der Waals surface area contributed by atoms with Crippen LogP contribution in [0.2, 0.25) is 0 Å². The first-order valence-corrected chi connectivity index (χ1v) is 8.85. The summed E-state index contributed by atoms with van der Waals surface area (Å²) in [7, 11) is 0. The van der Waals surface area contributed by atoms with Crippen molar-refractivity contribution >= 4 is 5.95 Å². The number of nitrogens with zero attached hydrogens (tertiary/aromatic N) is 3. The molecule has 1 N–H and O–H groups in total. The van der Waals surface area contributed by atoms with Crippen LogP contribution >= 0.6 is 0 Å². The van der Waals surface area contributed by atoms with Crippen molar-refractivity contribution in [2.75, 3.05) is 18.4 Å². The van der Waals surface area contributed by atoms with Gasteiger partial charge in [-0.1, -0.05) is 12.8 Å². The van der Waals surface area contributed by atoms with Gasteiger partial charge in [0.1, 0.15) is 0 Å². The van der Waals surface area contributed by atoms with E-state index in [0.717, 1.165) is 17.7 Å². The van der Waals surface area contributed by atoms with Crippen LogP contribution in [0, 0.1) is 6.92 Å². The number of nitrogens with one attached hydrogen (secondary N) is 1. The normalized spacial score (nSPS) is 30.7. The zero-order valence-electron chi connectivity index (χ0n) is 13.2. The molecule has 0 bridgehead atoms. The number of fused-ring (bicyclic) bond motifs is 1. The number of piperidine rings is 1. The number of imidazole rings is 1. The highest BCUT2D eigenvalue weighted by molar-refractivity contribution is 5.31. The molecule has 4 nitrogen and oxygen atoms in total. The minimum atomic E-state index is 0.648. The zero-order chi connectivity index (χ0) is 14.2. The molecule has 0 spiro atoms. The molecule has 0 aromatic carbocycles. The summed E-state index contributed by atoms with van der Waals surface area (Å²) in [6, 6.07) is 2.12. The molecule has 2 unspecified atom stereocenters. The van der Waals surface area contributed by atoms with Gasteiger partial charge in [-0.15, -0.1) is 0 Å². The Morgan fingerprint density at radius 3 is 2.76 bits per heavy atom. The minimum Gasteiger partial charge on any atom is -0.353 e. The Labute approximate surface area is 127 Å². The lowest BCUT2D eigenvalue weighted by molar-refractivity contribution is 0.156. The van der Waals surface area contributed by atoms with E-state index < -0.39 is 0 Å². The first-order chi connectivity index (χ1) is 10.3. The molecule has 2 saturated heterocycles. The molecule has 1 aromatic heterocycles. The molecular weight excluding hydrogens is 260 g/mol. The van der Waals surface area contributed by atoms with Gasteiger partial charge in [0, 0.05) is 30.9 Å². The SMILES string of the molecule is Cc1cn(C2CCN3CCCC3C2)c(NC2CCCC2)n1. The van der Waals surface area contributed by atoms with E-state index in [1.807, 2.05) is 0 Å². The van der Waals surface area contributed by atoms with Gasteiger partial charge < -0.3 is 14.8 Å². The summed E-state index contributed by atoms with van der Waals surface area (Å²) >= 11 is 0. The van der Waals surface area contributed by atoms with E-state index in [2.05, 4.69) is 27.9 Å². The number of aryl methyl sites for hydroxylation is 1. The summed E-state index contributed by atoms with van der Waals surface area (Å²) in [4.78, 5) is 7.47. The quantitative estimate of drug-likeness (QED) is 0.926. The van der Waals surface area contributed by atoms with Crippen molar-refractivity contribution in [3.63, 3.8) is 0 Å². The smallest absolute Gasteiger partial charge is 0.203 e. The van der Waals surface area contributed by atoms with Gasteiger partial charge in [-0.25, -0.2) is 4.98 Å². The largest absolute Gasteiger partial charge is 0.353 e. The number of hydrogen-bond acceptors (Lipinski definition) is 3. The van der Waals surface area contributed by atoms with Gasteiger partial charge in [-0.3, -0.25) is 0 Å². The summed E-state index contributed by atoms with van der Waals surface area (Å²) in [6.07, 6.45) is 13.0. The van der Waals surface area contributed by atoms with Crippen LogP contribution < -0.4 is 5.32 Å². The highest BCUT2D eigenvalue weighted by Crippen LogP contribution is 2.35. The Balaban J connectivity index is 1.51. The number of anilines is 1. The lowest BCUT2D eigenvalue weighted by atomic mass is 9.97. The summed E-state index contributed by atoms with van der Waals surface area (Å²) in [5.41, 5.74) is 1.16. The van der Waals surface area contributed by atoms with Crippen molar-refractivity contribution in [2.45, 2.75) is 76.4 Å². The predicted octanol–water partition coefficient (Wildman–Crippen LogP) is 3.35. The molecule has 1 aromatic rings. The molecule has 1 saturated carbocycles. The summed E-state index contributed by atoms with van der Waals surface area (Å²) in [5.74, 6) is 1.14. The summed E-state index contributed by atoms with van der Waals surface area (Å²) < 4.78 is 2.46. The van der Waals surface area contributed by atoms with Crippen LogP contribution in [0.4, 0.5) is 5.95 Å². The van der Waals surface area contributed by atoms with Crippen LogP contribution in [-0.4, -0.2) is 39.6 Å². The van der Waals surface area contributed by atoms with Gasteiger partial charge in [0.05, 0.1) is 5.69 Å². The molecule has 3 fully saturated rings. The highest BCUT2D eigenvalue weighted by atomic mass is 15.3. The van der Waals surface area contributed by atoms with E-state index in [0.29, 0.717) is 12.1 Å². The number of rotatable bonds is 3. The van der Waals surface area contributed by atoms with Gasteiger partial charge in [-0.05, 0) is 52.0 Å². The Hall–Kier alpha value is -1.03. The van der Waals surface area contributed by atoms with Crippen molar-refractivity contribution in [3.05, 3.63) is 11.9 Å². The van der Waals surface area contributed by atoms with Crippen molar-refractivity contribution in [1.82, 2.24) is 14.5 Å². The van der Waals surface area contributed by atoms with Crippen molar-refractivity contribution in [3.8, 4) is 0 Å². The minimum absolute atomic E-state index is 0.648. The molecule has 3 heterocycles. The molecular formula is C17H28N4. The van der Waals surface area contributed by atoms with Gasteiger partial charge in [0.25, 0.3) is 0 Å². The van der Waals surface area contributed by atoms with Crippen molar-refractivity contribution in [1.29, 1.82) is 0 Å². The van der Waals surface area contributed by atoms with Crippen LogP contribution in [0.15, 0.2) is 6.20 Å². The van der Waals surface area contributed by atoms with E-state index in [-0.39, 0.29) is 0 Å². The monoisotopic (exact) mass is 288 g/mol. The number of hydrogen-bond donors (Lipinski definition) is 1. The Bertz CT molecular complexity index is 489. The Kier molecular flexibility index (Phi) is 3.66. The molecule has 2 aliphatic heterocycles. The maximum absolute atomic E-state index is 4.77. The molecule has 116 valence electrons. The second-order valence-corrected chi connectivity index (χ2v) is 7.25. The van der Waals surface area contributed by atoms with Crippen molar-refractivity contribution < 1.29 is 0 Å². The fourth-order valence-electron chi connectivity index (χ4n) is 4.61. The van der Waals surface area contributed by atoms with Gasteiger partial charge in [0.2, 0.25) is 5.95 Å². The van der Waals surface area contributed by atoms with Crippen LogP contribution in [0.1, 0.15) is 63.1 Å². The van der Waals surface area contributed by atoms with E-state index in [1.165, 1.54) is 64.5 Å². The second-order valence-electron chi connectivity index (χ2n) is 7.25. The Morgan fingerprint density at radius 1 is 1.05 bits per heavy atom. The average Bonchev–Trinajstić information content (AvgIpc) is 3.19. The van der Waals surface area contributed by atoms with Crippen LogP contribution in [-0.2, 0) is 0 Å². The van der Waals surface area contributed by atoms with Gasteiger partial charge in [0.15, 0.2) is 0 Å². The molecule has 4 rings (SSSR count). The highest BCUT2D eigenvalue weighted by Gasteiger charge is 2.33. The van der Waals surface area contributed by atoms with E-state index >= 15 is 0 Å². The zero-order valence-corrected chi connectivity index (χ0v) is 13.2. The molecule has 0 amide bonds. The molecule has 0 radical (unpaired) electrons. The number of aromatic nitrogens is 2. The molecule has 3 aliphatic rings. The average molecular weight is 288 g/mol. The first kappa shape index (κ1) is 13.6. The third-order valence-electron chi connectivity index (χ3n) is 5.73. The first-order valence-electron chi connectivity index (χ1n) is 8.85. The summed E-state index contributed by atoms with van der Waals surface area (Å²) in [5, 5.41) is 3.73. The van der Waals surface area contributed by atoms with Crippen LogP contribution in [0.25, 0.3) is 0 Å². The second kappa shape index (κ2) is 5.64. The predicted molar refractivity (Wildman–Crippen MR) is 85.7 cm³/mol. The fraction of sp³-hybridized carbons (Fsp3) is 0.824. The van der Waals surface area contributed by atoms with Crippen molar-refractivity contribution in [2.24, 2.45) is 0 Å². The lowest BCUT2D eigenvalue weighted by Crippen LogP contribution is -2.38. The standard InChI is InChI=1S/C17H28N4/c1-13-12-21(17(18-13)19-14-5-2-3-6-14)16-8-10-20-9-4-7-15(20)11-16/h12,14-16H,2-11H2,1H3,(H,18,19). The molecule has 1 aliphatic carbocycles. The van der Waals surface area contributed by atoms with Crippen LogP contribution in [0.3, 0.4) is 0 Å². The maximum Gasteiger partial charge on any atom is 0.203 e.